The lowest BCUT2D eigenvalue weighted by Crippen LogP contribution is -2.22. The van der Waals surface area contributed by atoms with E-state index in [2.05, 4.69) is 20.0 Å². The molecule has 0 atom stereocenters. The van der Waals surface area contributed by atoms with Crippen molar-refractivity contribution in [1.29, 1.82) is 0 Å². The zero-order valence-electron chi connectivity index (χ0n) is 17.2. The summed E-state index contributed by atoms with van der Waals surface area (Å²) >= 11 is 0. The van der Waals surface area contributed by atoms with Crippen LogP contribution < -0.4 is 19.5 Å². The van der Waals surface area contributed by atoms with Crippen LogP contribution in [0.3, 0.4) is 0 Å². The van der Waals surface area contributed by atoms with E-state index in [0.717, 1.165) is 5.69 Å². The van der Waals surface area contributed by atoms with Gasteiger partial charge < -0.3 is 19.5 Å². The third kappa shape index (κ3) is 5.50. The number of alkyl halides is 3. The van der Waals surface area contributed by atoms with E-state index in [4.69, 9.17) is 9.47 Å². The van der Waals surface area contributed by atoms with Crippen LogP contribution in [-0.2, 0) is 6.61 Å². The van der Waals surface area contributed by atoms with Gasteiger partial charge in [-0.15, -0.1) is 13.2 Å². The molecule has 4 aromatic rings. The van der Waals surface area contributed by atoms with Gasteiger partial charge in [0.2, 0.25) is 0 Å². The van der Waals surface area contributed by atoms with Crippen LogP contribution >= 0.6 is 0 Å². The van der Waals surface area contributed by atoms with Crippen molar-refractivity contribution in [3.8, 4) is 22.9 Å². The van der Waals surface area contributed by atoms with Crippen molar-refractivity contribution in [2.75, 3.05) is 7.05 Å². The summed E-state index contributed by atoms with van der Waals surface area (Å²) in [4.78, 5) is 20.0. The van der Waals surface area contributed by atoms with E-state index in [-0.39, 0.29) is 18.1 Å². The monoisotopic (exact) mass is 458 g/mol. The lowest BCUT2D eigenvalue weighted by Gasteiger charge is -2.11. The number of nitrogens with zero attached hydrogens (tertiary/aromatic N) is 3. The van der Waals surface area contributed by atoms with Gasteiger partial charge in [0.1, 0.15) is 29.9 Å². The average molecular weight is 458 g/mol. The van der Waals surface area contributed by atoms with Crippen molar-refractivity contribution in [1.82, 2.24) is 19.9 Å². The number of benzene rings is 2. The van der Waals surface area contributed by atoms with Crippen LogP contribution in [0.2, 0.25) is 0 Å². The molecule has 0 unspecified atom stereocenters. The molecule has 0 saturated heterocycles. The Morgan fingerprint density at radius 1 is 1.03 bits per heavy atom. The fourth-order valence-electron chi connectivity index (χ4n) is 2.96. The average Bonchev–Trinajstić information content (AvgIpc) is 3.21. The zero-order valence-corrected chi connectivity index (χ0v) is 17.2. The highest BCUT2D eigenvalue weighted by Gasteiger charge is 2.30. The summed E-state index contributed by atoms with van der Waals surface area (Å²) in [5.41, 5.74) is 2.49. The van der Waals surface area contributed by atoms with E-state index in [9.17, 15) is 18.0 Å². The fraction of sp³-hybridized carbons (Fsp3) is 0.136. The number of fused-ring (bicyclic) bond motifs is 1. The number of rotatable bonds is 6. The van der Waals surface area contributed by atoms with Crippen molar-refractivity contribution < 1.29 is 32.2 Å². The Bertz CT molecular complexity index is 1270. The summed E-state index contributed by atoms with van der Waals surface area (Å²) in [7, 11) is 1.45. The first-order chi connectivity index (χ1) is 15.8. The third-order valence-corrected chi connectivity index (χ3v) is 4.44. The van der Waals surface area contributed by atoms with Gasteiger partial charge in [-0.1, -0.05) is 18.2 Å². The highest BCUT2D eigenvalue weighted by Crippen LogP contribution is 2.25. The number of aromatic nitrogens is 3. The molecule has 1 amide bonds. The second kappa shape index (κ2) is 9.07. The normalized spacial score (nSPS) is 11.3. The number of hydrogen-bond acceptors (Lipinski definition) is 6. The Morgan fingerprint density at radius 3 is 2.55 bits per heavy atom. The number of hydrogen-bond donors (Lipinski definition) is 1. The van der Waals surface area contributed by atoms with Crippen molar-refractivity contribution >= 4 is 17.3 Å². The molecule has 2 heterocycles. The van der Waals surface area contributed by atoms with E-state index in [1.165, 1.54) is 37.5 Å². The van der Waals surface area contributed by atoms with Gasteiger partial charge in [0.15, 0.2) is 11.4 Å². The fourth-order valence-corrected chi connectivity index (χ4v) is 2.96. The maximum atomic E-state index is 12.3. The molecule has 0 radical (unpaired) electrons. The van der Waals surface area contributed by atoms with Crippen LogP contribution in [0.5, 0.6) is 17.2 Å². The van der Waals surface area contributed by atoms with Gasteiger partial charge in [-0.05, 0) is 29.8 Å². The molecule has 11 heteroatoms. The zero-order chi connectivity index (χ0) is 23.4. The maximum absolute atomic E-state index is 12.3. The Balaban J connectivity index is 1.47. The van der Waals surface area contributed by atoms with E-state index in [1.54, 1.807) is 35.2 Å². The first-order valence-corrected chi connectivity index (χ1v) is 9.61. The number of pyridine rings is 1. The van der Waals surface area contributed by atoms with Crippen molar-refractivity contribution in [2.45, 2.75) is 13.0 Å². The molecule has 0 saturated carbocycles. The van der Waals surface area contributed by atoms with Gasteiger partial charge in [-0.25, -0.2) is 14.8 Å². The van der Waals surface area contributed by atoms with Crippen LogP contribution in [0.4, 0.5) is 18.0 Å². The molecule has 170 valence electrons. The summed E-state index contributed by atoms with van der Waals surface area (Å²) < 4.78 is 53.3. The second-order valence-corrected chi connectivity index (χ2v) is 6.75. The summed E-state index contributed by atoms with van der Waals surface area (Å²) in [5.74, 6) is 0.511. The van der Waals surface area contributed by atoms with Crippen molar-refractivity contribution in [3.05, 3.63) is 72.7 Å². The number of imidazole rings is 1. The highest BCUT2D eigenvalue weighted by molar-refractivity contribution is 5.76. The molecule has 8 nitrogen and oxygen atoms in total. The van der Waals surface area contributed by atoms with Crippen LogP contribution in [0.25, 0.3) is 16.9 Å². The number of amides is 1. The molecule has 0 aliphatic heterocycles. The minimum absolute atomic E-state index is 0.152. The first-order valence-electron chi connectivity index (χ1n) is 9.61. The van der Waals surface area contributed by atoms with Gasteiger partial charge in [0.25, 0.3) is 0 Å². The van der Waals surface area contributed by atoms with Crippen molar-refractivity contribution in [2.24, 2.45) is 0 Å². The van der Waals surface area contributed by atoms with E-state index < -0.39 is 12.5 Å². The van der Waals surface area contributed by atoms with Crippen LogP contribution in [0, 0.1) is 0 Å². The summed E-state index contributed by atoms with van der Waals surface area (Å²) in [6, 6.07) is 14.2. The van der Waals surface area contributed by atoms with Gasteiger partial charge in [0, 0.05) is 19.2 Å². The van der Waals surface area contributed by atoms with Crippen LogP contribution in [0.15, 0.2) is 67.1 Å². The molecule has 0 fully saturated rings. The lowest BCUT2D eigenvalue weighted by molar-refractivity contribution is -0.274. The molecule has 33 heavy (non-hydrogen) atoms. The standard InChI is InChI=1S/C22H17F3N4O4/c1-26-21(30)32-18-10-19-20(27-11-18)29(13-28-19)15-3-2-4-17(9-15)31-12-14-5-7-16(8-6-14)33-22(23,24)25/h2-11,13H,12H2,1H3,(H,26,30). The molecule has 0 spiro atoms. The Kier molecular flexibility index (Phi) is 6.03. The number of carbonyl (C=O) groups excluding carboxylic acids is 1. The predicted molar refractivity (Wildman–Crippen MR) is 111 cm³/mol. The molecule has 0 aliphatic carbocycles. The molecular weight excluding hydrogens is 441 g/mol. The number of halogens is 3. The van der Waals surface area contributed by atoms with Gasteiger partial charge in [-0.2, -0.15) is 0 Å². The Morgan fingerprint density at radius 2 is 1.82 bits per heavy atom. The number of nitrogens with one attached hydrogen (secondary N) is 1. The van der Waals surface area contributed by atoms with Crippen LogP contribution in [0.1, 0.15) is 5.56 Å². The summed E-state index contributed by atoms with van der Waals surface area (Å²) in [5, 5.41) is 2.35. The minimum atomic E-state index is -4.73. The second-order valence-electron chi connectivity index (χ2n) is 6.75. The molecule has 1 N–H and O–H groups in total. The SMILES string of the molecule is CNC(=O)Oc1cnc2c(c1)ncn2-c1cccc(OCc2ccc(OC(F)(F)F)cc2)c1. The van der Waals surface area contributed by atoms with Gasteiger partial charge in [-0.3, -0.25) is 4.57 Å². The quantitative estimate of drug-likeness (QED) is 0.454. The van der Waals surface area contributed by atoms with E-state index in [1.807, 2.05) is 6.07 Å². The third-order valence-electron chi connectivity index (χ3n) is 4.44. The smallest absolute Gasteiger partial charge is 0.489 e. The lowest BCUT2D eigenvalue weighted by atomic mass is 10.2. The molecule has 2 aromatic carbocycles. The highest BCUT2D eigenvalue weighted by atomic mass is 19.4. The number of carbonyl (C=O) groups is 1. The Labute approximate surface area is 185 Å². The molecular formula is C22H17F3N4O4. The van der Waals surface area contributed by atoms with Gasteiger partial charge >= 0.3 is 12.5 Å². The maximum Gasteiger partial charge on any atom is 0.573 e. The first kappa shape index (κ1) is 21.9. The molecule has 0 aliphatic rings. The number of ether oxygens (including phenoxy) is 3. The molecule has 2 aromatic heterocycles. The predicted octanol–water partition coefficient (Wildman–Crippen LogP) is 4.62. The van der Waals surface area contributed by atoms with Gasteiger partial charge in [0.05, 0.1) is 11.9 Å². The van der Waals surface area contributed by atoms with Crippen molar-refractivity contribution in [3.63, 3.8) is 0 Å². The van der Waals surface area contributed by atoms with E-state index >= 15 is 0 Å². The summed E-state index contributed by atoms with van der Waals surface area (Å²) in [6.45, 7) is 0.152. The minimum Gasteiger partial charge on any atom is -0.489 e. The Hall–Kier alpha value is -4.28. The van der Waals surface area contributed by atoms with Crippen LogP contribution in [-0.4, -0.2) is 34.0 Å². The molecule has 0 bridgehead atoms. The largest absolute Gasteiger partial charge is 0.573 e. The van der Waals surface area contributed by atoms with E-state index in [0.29, 0.717) is 22.5 Å². The summed E-state index contributed by atoms with van der Waals surface area (Å²) in [6.07, 6.45) is -2.34. The topological polar surface area (TPSA) is 87.5 Å². The molecule has 4 rings (SSSR count).